The lowest BCUT2D eigenvalue weighted by molar-refractivity contribution is 0.103. The summed E-state index contributed by atoms with van der Waals surface area (Å²) >= 11 is 0. The van der Waals surface area contributed by atoms with E-state index in [1.807, 2.05) is 54.6 Å². The van der Waals surface area contributed by atoms with Crippen molar-refractivity contribution in [2.45, 2.75) is 38.1 Å². The van der Waals surface area contributed by atoms with E-state index in [1.54, 1.807) is 0 Å². The van der Waals surface area contributed by atoms with Gasteiger partial charge in [0.05, 0.1) is 0 Å². The van der Waals surface area contributed by atoms with Crippen LogP contribution >= 0.6 is 0 Å². The lowest BCUT2D eigenvalue weighted by Crippen LogP contribution is -2.23. The van der Waals surface area contributed by atoms with E-state index in [1.165, 1.54) is 32.1 Å². The Balaban J connectivity index is 1.83. The van der Waals surface area contributed by atoms with E-state index < -0.39 is 0 Å². The number of ketones is 1. The molecule has 3 rings (SSSR count). The Morgan fingerprint density at radius 2 is 1.52 bits per heavy atom. The van der Waals surface area contributed by atoms with Gasteiger partial charge in [0.1, 0.15) is 0 Å². The van der Waals surface area contributed by atoms with Gasteiger partial charge in [-0.05, 0) is 25.0 Å². The van der Waals surface area contributed by atoms with Gasteiger partial charge in [0.15, 0.2) is 5.78 Å². The van der Waals surface area contributed by atoms with Crippen LogP contribution in [0, 0.1) is 0 Å². The smallest absolute Gasteiger partial charge is 0.195 e. The van der Waals surface area contributed by atoms with Gasteiger partial charge in [0, 0.05) is 22.9 Å². The SMILES string of the molecule is O=C(c1ccccc1)c1ccccc1NC1CCCCC1. The van der Waals surface area contributed by atoms with Gasteiger partial charge < -0.3 is 5.32 Å². The van der Waals surface area contributed by atoms with Crippen LogP contribution in [0.25, 0.3) is 0 Å². The Hall–Kier alpha value is -2.09. The first-order chi connectivity index (χ1) is 10.3. The van der Waals surface area contributed by atoms with Crippen molar-refractivity contribution in [3.63, 3.8) is 0 Å². The van der Waals surface area contributed by atoms with E-state index in [0.717, 1.165) is 16.8 Å². The van der Waals surface area contributed by atoms with Crippen LogP contribution in [0.1, 0.15) is 48.0 Å². The first kappa shape index (κ1) is 13.9. The average molecular weight is 279 g/mol. The van der Waals surface area contributed by atoms with Gasteiger partial charge in [-0.2, -0.15) is 0 Å². The molecule has 1 fully saturated rings. The largest absolute Gasteiger partial charge is 0.382 e. The zero-order valence-corrected chi connectivity index (χ0v) is 12.2. The number of anilines is 1. The Kier molecular flexibility index (Phi) is 4.34. The molecule has 108 valence electrons. The van der Waals surface area contributed by atoms with E-state index in [9.17, 15) is 4.79 Å². The van der Waals surface area contributed by atoms with Gasteiger partial charge in [0.2, 0.25) is 0 Å². The molecule has 21 heavy (non-hydrogen) atoms. The van der Waals surface area contributed by atoms with Crippen molar-refractivity contribution in [1.29, 1.82) is 0 Å². The topological polar surface area (TPSA) is 29.1 Å². The third-order valence-electron chi connectivity index (χ3n) is 4.17. The summed E-state index contributed by atoms with van der Waals surface area (Å²) in [5.74, 6) is 0.0921. The van der Waals surface area contributed by atoms with Crippen LogP contribution in [0.5, 0.6) is 0 Å². The molecule has 0 spiro atoms. The number of para-hydroxylation sites is 1. The maximum absolute atomic E-state index is 12.7. The summed E-state index contributed by atoms with van der Waals surface area (Å²) in [5.41, 5.74) is 2.49. The van der Waals surface area contributed by atoms with Crippen molar-refractivity contribution in [2.75, 3.05) is 5.32 Å². The fourth-order valence-corrected chi connectivity index (χ4v) is 3.02. The summed E-state index contributed by atoms with van der Waals surface area (Å²) < 4.78 is 0. The van der Waals surface area contributed by atoms with E-state index in [4.69, 9.17) is 0 Å². The molecule has 0 heterocycles. The standard InChI is InChI=1S/C19H21NO/c21-19(15-9-3-1-4-10-15)17-13-7-8-14-18(17)20-16-11-5-2-6-12-16/h1,3-4,7-10,13-14,16,20H,2,5-6,11-12H2. The predicted octanol–water partition coefficient (Wildman–Crippen LogP) is 4.66. The molecule has 1 saturated carbocycles. The summed E-state index contributed by atoms with van der Waals surface area (Å²) in [7, 11) is 0. The summed E-state index contributed by atoms with van der Waals surface area (Å²) in [6, 6.07) is 17.9. The van der Waals surface area contributed by atoms with Crippen LogP contribution in [0.3, 0.4) is 0 Å². The van der Waals surface area contributed by atoms with Crippen molar-refractivity contribution in [1.82, 2.24) is 0 Å². The highest BCUT2D eigenvalue weighted by Gasteiger charge is 2.17. The highest BCUT2D eigenvalue weighted by atomic mass is 16.1. The van der Waals surface area contributed by atoms with Crippen LogP contribution in [0.4, 0.5) is 5.69 Å². The Bertz CT molecular complexity index is 600. The number of carbonyl (C=O) groups is 1. The first-order valence-corrected chi connectivity index (χ1v) is 7.80. The molecule has 0 atom stereocenters. The third kappa shape index (κ3) is 3.33. The summed E-state index contributed by atoms with van der Waals surface area (Å²) in [6.07, 6.45) is 6.31. The summed E-state index contributed by atoms with van der Waals surface area (Å²) in [6.45, 7) is 0. The molecule has 2 nitrogen and oxygen atoms in total. The number of carbonyl (C=O) groups excluding carboxylic acids is 1. The minimum absolute atomic E-state index is 0.0921. The molecule has 2 heteroatoms. The van der Waals surface area contributed by atoms with Crippen molar-refractivity contribution < 1.29 is 4.79 Å². The number of rotatable bonds is 4. The van der Waals surface area contributed by atoms with Crippen LogP contribution < -0.4 is 5.32 Å². The second-order valence-corrected chi connectivity index (χ2v) is 5.72. The molecule has 0 unspecified atom stereocenters. The van der Waals surface area contributed by atoms with E-state index >= 15 is 0 Å². The Morgan fingerprint density at radius 1 is 0.857 bits per heavy atom. The highest BCUT2D eigenvalue weighted by molar-refractivity contribution is 6.12. The maximum Gasteiger partial charge on any atom is 0.195 e. The number of hydrogen-bond acceptors (Lipinski definition) is 2. The van der Waals surface area contributed by atoms with Crippen LogP contribution in [-0.2, 0) is 0 Å². The number of hydrogen-bond donors (Lipinski definition) is 1. The molecular formula is C19H21NO. The molecule has 0 amide bonds. The number of nitrogens with one attached hydrogen (secondary N) is 1. The molecule has 0 aliphatic heterocycles. The lowest BCUT2D eigenvalue weighted by atomic mass is 9.94. The monoisotopic (exact) mass is 279 g/mol. The minimum atomic E-state index is 0.0921. The molecule has 0 bridgehead atoms. The highest BCUT2D eigenvalue weighted by Crippen LogP contribution is 2.25. The van der Waals surface area contributed by atoms with Crippen molar-refractivity contribution >= 4 is 11.5 Å². The van der Waals surface area contributed by atoms with Gasteiger partial charge >= 0.3 is 0 Å². The lowest BCUT2D eigenvalue weighted by Gasteiger charge is -2.25. The predicted molar refractivity (Wildman–Crippen MR) is 86.8 cm³/mol. The van der Waals surface area contributed by atoms with Gasteiger partial charge in [-0.25, -0.2) is 0 Å². The van der Waals surface area contributed by atoms with Crippen LogP contribution in [0.15, 0.2) is 54.6 Å². The molecule has 0 aromatic heterocycles. The molecule has 1 aliphatic carbocycles. The molecule has 1 N–H and O–H groups in total. The number of benzene rings is 2. The van der Waals surface area contributed by atoms with Crippen molar-refractivity contribution in [2.24, 2.45) is 0 Å². The van der Waals surface area contributed by atoms with E-state index in [-0.39, 0.29) is 5.78 Å². The zero-order valence-electron chi connectivity index (χ0n) is 12.2. The molecule has 2 aromatic carbocycles. The normalized spacial score (nSPS) is 15.6. The van der Waals surface area contributed by atoms with E-state index in [0.29, 0.717) is 6.04 Å². The summed E-state index contributed by atoms with van der Waals surface area (Å²) in [5, 5.41) is 3.58. The van der Waals surface area contributed by atoms with Gasteiger partial charge in [-0.1, -0.05) is 61.7 Å². The molecule has 2 aromatic rings. The molecular weight excluding hydrogens is 258 g/mol. The van der Waals surface area contributed by atoms with E-state index in [2.05, 4.69) is 5.32 Å². The Morgan fingerprint density at radius 3 is 2.29 bits per heavy atom. The average Bonchev–Trinajstić information content (AvgIpc) is 2.56. The first-order valence-electron chi connectivity index (χ1n) is 7.80. The van der Waals surface area contributed by atoms with Crippen LogP contribution in [-0.4, -0.2) is 11.8 Å². The molecule has 0 saturated heterocycles. The fourth-order valence-electron chi connectivity index (χ4n) is 3.02. The quantitative estimate of drug-likeness (QED) is 0.824. The zero-order chi connectivity index (χ0) is 14.5. The Labute approximate surface area is 126 Å². The van der Waals surface area contributed by atoms with Crippen molar-refractivity contribution in [3.05, 3.63) is 65.7 Å². The second-order valence-electron chi connectivity index (χ2n) is 5.72. The molecule has 1 aliphatic rings. The van der Waals surface area contributed by atoms with Gasteiger partial charge in [-0.3, -0.25) is 4.79 Å². The van der Waals surface area contributed by atoms with Crippen molar-refractivity contribution in [3.8, 4) is 0 Å². The fraction of sp³-hybridized carbons (Fsp3) is 0.316. The minimum Gasteiger partial charge on any atom is -0.382 e. The van der Waals surface area contributed by atoms with Gasteiger partial charge in [-0.15, -0.1) is 0 Å². The van der Waals surface area contributed by atoms with Gasteiger partial charge in [0.25, 0.3) is 0 Å². The molecule has 0 radical (unpaired) electrons. The second kappa shape index (κ2) is 6.57. The third-order valence-corrected chi connectivity index (χ3v) is 4.17. The van der Waals surface area contributed by atoms with Crippen LogP contribution in [0.2, 0.25) is 0 Å². The summed E-state index contributed by atoms with van der Waals surface area (Å²) in [4.78, 5) is 12.7. The maximum atomic E-state index is 12.7.